The van der Waals surface area contributed by atoms with E-state index in [1.54, 1.807) is 0 Å². The van der Waals surface area contributed by atoms with Crippen molar-refractivity contribution < 1.29 is 31.8 Å². The standard InChI is InChI=1S/C21H43NO3S.C5H11NO2/c1-4-5-6-7-8-9-10-11-12-13-14-15-16-22(3)17-20(2)21(18-22)19-26(23,24)25;1-6(2,3)4-5(7)8/h20-21H,4-19H2,1-3H3;4H2,1-3H3/p+2. The zero-order valence-electron chi connectivity index (χ0n) is 23.1. The quantitative estimate of drug-likeness (QED) is 0.163. The fourth-order valence-corrected chi connectivity index (χ4v) is 6.05. The van der Waals surface area contributed by atoms with Gasteiger partial charge in [0.05, 0.1) is 53.6 Å². The Labute approximate surface area is 210 Å². The van der Waals surface area contributed by atoms with E-state index >= 15 is 0 Å². The van der Waals surface area contributed by atoms with Crippen LogP contribution in [-0.2, 0) is 14.9 Å². The summed E-state index contributed by atoms with van der Waals surface area (Å²) in [5, 5.41) is 8.23. The summed E-state index contributed by atoms with van der Waals surface area (Å²) in [6.07, 6.45) is 16.4. The predicted octanol–water partition coefficient (Wildman–Crippen LogP) is 5.07. The van der Waals surface area contributed by atoms with Crippen LogP contribution in [0.1, 0.15) is 90.9 Å². The Balaban J connectivity index is 0.00000116. The molecule has 1 fully saturated rings. The SMILES string of the molecule is CCCCCCCCCCCCCC[N+]1(C)CC(C)C(CS(=O)(=O)O)C1.C[N+](C)(C)CC(=O)O. The maximum Gasteiger partial charge on any atom is 0.359 e. The number of hydrogen-bond donors (Lipinski definition) is 2. The smallest absolute Gasteiger partial charge is 0.359 e. The van der Waals surface area contributed by atoms with Crippen LogP contribution < -0.4 is 0 Å². The molecule has 0 bridgehead atoms. The molecule has 34 heavy (non-hydrogen) atoms. The number of quaternary nitrogens is 2. The molecule has 1 aliphatic rings. The highest BCUT2D eigenvalue weighted by atomic mass is 32.2. The molecule has 7 nitrogen and oxygen atoms in total. The monoisotopic (exact) mass is 508 g/mol. The summed E-state index contributed by atoms with van der Waals surface area (Å²) in [5.74, 6) is -0.343. The normalized spacial score (nSPS) is 22.9. The van der Waals surface area contributed by atoms with Crippen LogP contribution in [0.4, 0.5) is 0 Å². The third-order valence-corrected chi connectivity index (χ3v) is 7.64. The van der Waals surface area contributed by atoms with Crippen molar-refractivity contribution >= 4 is 16.1 Å². The number of aliphatic carboxylic acids is 1. The molecule has 0 saturated carbocycles. The highest BCUT2D eigenvalue weighted by molar-refractivity contribution is 7.85. The van der Waals surface area contributed by atoms with Crippen molar-refractivity contribution in [1.29, 1.82) is 0 Å². The molecule has 204 valence electrons. The van der Waals surface area contributed by atoms with E-state index in [1.807, 2.05) is 21.1 Å². The third-order valence-electron chi connectivity index (χ3n) is 6.79. The first-order valence-corrected chi connectivity index (χ1v) is 15.1. The van der Waals surface area contributed by atoms with Crippen LogP contribution in [0.15, 0.2) is 0 Å². The molecule has 1 heterocycles. The topological polar surface area (TPSA) is 91.7 Å². The van der Waals surface area contributed by atoms with Gasteiger partial charge in [-0.25, -0.2) is 4.79 Å². The van der Waals surface area contributed by atoms with Crippen LogP contribution in [0.2, 0.25) is 0 Å². The molecular formula is C26H56N2O5S+2. The van der Waals surface area contributed by atoms with E-state index in [9.17, 15) is 13.2 Å². The maximum absolute atomic E-state index is 11.2. The lowest BCUT2D eigenvalue weighted by molar-refractivity contribution is -0.900. The van der Waals surface area contributed by atoms with Gasteiger partial charge < -0.3 is 14.1 Å². The first kappa shape index (κ1) is 33.3. The van der Waals surface area contributed by atoms with Crippen LogP contribution in [0.25, 0.3) is 0 Å². The number of hydrogen-bond acceptors (Lipinski definition) is 3. The van der Waals surface area contributed by atoms with Crippen molar-refractivity contribution in [3.63, 3.8) is 0 Å². The molecule has 2 N–H and O–H groups in total. The zero-order valence-corrected chi connectivity index (χ0v) is 23.9. The average molecular weight is 509 g/mol. The van der Waals surface area contributed by atoms with Crippen molar-refractivity contribution in [3.05, 3.63) is 0 Å². The Bertz CT molecular complexity index is 648. The van der Waals surface area contributed by atoms with Crippen molar-refractivity contribution in [3.8, 4) is 0 Å². The Kier molecular flexibility index (Phi) is 16.5. The van der Waals surface area contributed by atoms with Gasteiger partial charge >= 0.3 is 5.97 Å². The van der Waals surface area contributed by atoms with Gasteiger partial charge in [0, 0.05) is 11.8 Å². The van der Waals surface area contributed by atoms with Gasteiger partial charge in [0.15, 0.2) is 6.54 Å². The van der Waals surface area contributed by atoms with Crippen LogP contribution >= 0.6 is 0 Å². The Morgan fingerprint density at radius 1 is 0.882 bits per heavy atom. The first-order chi connectivity index (χ1) is 15.7. The molecule has 0 radical (unpaired) electrons. The van der Waals surface area contributed by atoms with E-state index in [4.69, 9.17) is 9.66 Å². The van der Waals surface area contributed by atoms with Crippen LogP contribution in [0.5, 0.6) is 0 Å². The summed E-state index contributed by atoms with van der Waals surface area (Å²) in [5.41, 5.74) is 0. The second kappa shape index (κ2) is 16.9. The molecule has 0 aromatic carbocycles. The first-order valence-electron chi connectivity index (χ1n) is 13.5. The van der Waals surface area contributed by atoms with Crippen LogP contribution in [-0.4, -0.2) is 93.1 Å². The van der Waals surface area contributed by atoms with Gasteiger partial charge in [-0.2, -0.15) is 8.42 Å². The molecule has 0 aliphatic carbocycles. The number of likely N-dealkylation sites (N-methyl/N-ethyl adjacent to an activating group) is 1. The molecule has 0 aromatic heterocycles. The second-order valence-corrected chi connectivity index (χ2v) is 13.4. The van der Waals surface area contributed by atoms with Gasteiger partial charge in [0.2, 0.25) is 0 Å². The lowest BCUT2D eigenvalue weighted by Gasteiger charge is -2.30. The molecule has 1 rings (SSSR count). The molecular weight excluding hydrogens is 452 g/mol. The molecule has 8 heteroatoms. The van der Waals surface area contributed by atoms with Gasteiger partial charge in [-0.15, -0.1) is 0 Å². The largest absolute Gasteiger partial charge is 0.477 e. The minimum absolute atomic E-state index is 0.0690. The van der Waals surface area contributed by atoms with Crippen LogP contribution in [0.3, 0.4) is 0 Å². The Morgan fingerprint density at radius 2 is 1.32 bits per heavy atom. The average Bonchev–Trinajstić information content (AvgIpc) is 2.93. The highest BCUT2D eigenvalue weighted by Gasteiger charge is 2.41. The molecule has 1 saturated heterocycles. The van der Waals surface area contributed by atoms with E-state index in [1.165, 1.54) is 77.0 Å². The molecule has 3 unspecified atom stereocenters. The van der Waals surface area contributed by atoms with Crippen LogP contribution in [0, 0.1) is 11.8 Å². The summed E-state index contributed by atoms with van der Waals surface area (Å²) >= 11 is 0. The van der Waals surface area contributed by atoms with Crippen molar-refractivity contribution in [2.75, 3.05) is 60.1 Å². The fourth-order valence-electron chi connectivity index (χ4n) is 5.08. The van der Waals surface area contributed by atoms with Gasteiger partial charge in [-0.1, -0.05) is 78.1 Å². The summed E-state index contributed by atoms with van der Waals surface area (Å²) in [7, 11) is 3.93. The van der Waals surface area contributed by atoms with Gasteiger partial charge in [-0.3, -0.25) is 4.55 Å². The number of nitrogens with zero attached hydrogens (tertiary/aromatic N) is 2. The second-order valence-electron chi connectivity index (χ2n) is 11.9. The highest BCUT2D eigenvalue weighted by Crippen LogP contribution is 2.29. The summed E-state index contributed by atoms with van der Waals surface area (Å²) in [4.78, 5) is 10.00. The van der Waals surface area contributed by atoms with E-state index in [0.717, 1.165) is 24.1 Å². The number of unbranched alkanes of at least 4 members (excludes halogenated alkanes) is 11. The van der Waals surface area contributed by atoms with E-state index in [-0.39, 0.29) is 18.2 Å². The number of likely N-dealkylation sites (tertiary alicyclic amines) is 1. The number of carboxylic acids is 1. The summed E-state index contributed by atoms with van der Waals surface area (Å²) in [6.45, 7) is 7.65. The van der Waals surface area contributed by atoms with E-state index in [2.05, 4.69) is 20.9 Å². The lowest BCUT2D eigenvalue weighted by Crippen LogP contribution is -2.43. The molecule has 3 atom stereocenters. The van der Waals surface area contributed by atoms with Gasteiger partial charge in [0.1, 0.15) is 0 Å². The minimum Gasteiger partial charge on any atom is -0.477 e. The van der Waals surface area contributed by atoms with Crippen molar-refractivity contribution in [2.45, 2.75) is 90.9 Å². The van der Waals surface area contributed by atoms with Crippen molar-refractivity contribution in [1.82, 2.24) is 0 Å². The summed E-state index contributed by atoms with van der Waals surface area (Å²) < 4.78 is 32.9. The number of carboxylic acid groups (broad SMARTS) is 1. The maximum atomic E-state index is 11.2. The predicted molar refractivity (Wildman–Crippen MR) is 141 cm³/mol. The fraction of sp³-hybridized carbons (Fsp3) is 0.962. The van der Waals surface area contributed by atoms with E-state index < -0.39 is 16.1 Å². The number of rotatable bonds is 17. The van der Waals surface area contributed by atoms with Crippen molar-refractivity contribution in [2.24, 2.45) is 11.8 Å². The molecule has 0 spiro atoms. The zero-order chi connectivity index (χ0) is 26.3. The number of carbonyl (C=O) groups is 1. The lowest BCUT2D eigenvalue weighted by atomic mass is 10.0. The van der Waals surface area contributed by atoms with E-state index in [0.29, 0.717) is 10.4 Å². The molecule has 1 aliphatic heterocycles. The van der Waals surface area contributed by atoms with Gasteiger partial charge in [-0.05, 0) is 12.8 Å². The molecule has 0 aromatic rings. The minimum atomic E-state index is -3.85. The Morgan fingerprint density at radius 3 is 1.68 bits per heavy atom. The summed E-state index contributed by atoms with van der Waals surface area (Å²) in [6, 6.07) is 0. The Hall–Kier alpha value is -0.700. The van der Waals surface area contributed by atoms with Gasteiger partial charge in [0.25, 0.3) is 10.1 Å². The molecule has 0 amide bonds. The third kappa shape index (κ3) is 19.6.